The average molecular weight is 350 g/mol. The third kappa shape index (κ3) is 3.24. The lowest BCUT2D eigenvalue weighted by molar-refractivity contribution is 0.402. The lowest BCUT2D eigenvalue weighted by atomic mass is 9.96. The number of H-pyrrole nitrogens is 1. The molecule has 0 unspecified atom stereocenters. The van der Waals surface area contributed by atoms with Crippen molar-refractivity contribution < 1.29 is 5.11 Å². The van der Waals surface area contributed by atoms with Gasteiger partial charge in [0.2, 0.25) is 0 Å². The molecule has 1 saturated heterocycles. The topological polar surface area (TPSA) is 90.8 Å². The summed E-state index contributed by atoms with van der Waals surface area (Å²) in [7, 11) is 0. The summed E-state index contributed by atoms with van der Waals surface area (Å²) in [6.45, 7) is 4.30. The van der Waals surface area contributed by atoms with Gasteiger partial charge in [0.05, 0.1) is 6.20 Å². The highest BCUT2D eigenvalue weighted by Gasteiger charge is 2.20. The van der Waals surface area contributed by atoms with E-state index in [1.165, 1.54) is 19.3 Å². The molecule has 3 aromatic heterocycles. The number of anilines is 1. The van der Waals surface area contributed by atoms with Crippen molar-refractivity contribution in [3.8, 4) is 28.3 Å². The fourth-order valence-electron chi connectivity index (χ4n) is 3.44. The molecule has 26 heavy (non-hydrogen) atoms. The second-order valence-corrected chi connectivity index (χ2v) is 6.72. The molecule has 1 fully saturated rings. The number of hydrogen-bond donors (Lipinski definition) is 2. The van der Waals surface area contributed by atoms with Crippen LogP contribution in [0.3, 0.4) is 0 Å². The molecule has 3 aromatic rings. The van der Waals surface area contributed by atoms with Crippen molar-refractivity contribution in [2.24, 2.45) is 5.92 Å². The highest BCUT2D eigenvalue weighted by molar-refractivity contribution is 5.69. The molecule has 0 saturated carbocycles. The van der Waals surface area contributed by atoms with E-state index in [0.717, 1.165) is 36.0 Å². The monoisotopic (exact) mass is 350 g/mol. The Morgan fingerprint density at radius 3 is 2.85 bits per heavy atom. The van der Waals surface area contributed by atoms with Gasteiger partial charge in [-0.3, -0.25) is 5.10 Å². The van der Waals surface area contributed by atoms with Gasteiger partial charge in [-0.05, 0) is 37.0 Å². The summed E-state index contributed by atoms with van der Waals surface area (Å²) < 4.78 is 0. The first-order valence-electron chi connectivity index (χ1n) is 9.02. The van der Waals surface area contributed by atoms with E-state index in [0.29, 0.717) is 11.4 Å². The van der Waals surface area contributed by atoms with Gasteiger partial charge >= 0.3 is 0 Å². The number of aromatic amines is 1. The molecule has 134 valence electrons. The van der Waals surface area contributed by atoms with Gasteiger partial charge in [-0.25, -0.2) is 4.98 Å². The Bertz CT molecular complexity index is 862. The van der Waals surface area contributed by atoms with Crippen LogP contribution in [-0.4, -0.2) is 43.6 Å². The molecule has 2 N–H and O–H groups in total. The normalized spacial score (nSPS) is 17.4. The van der Waals surface area contributed by atoms with Crippen molar-refractivity contribution in [1.29, 1.82) is 0 Å². The fourth-order valence-corrected chi connectivity index (χ4v) is 3.44. The Kier molecular flexibility index (Phi) is 4.51. The van der Waals surface area contributed by atoms with Gasteiger partial charge < -0.3 is 10.0 Å². The highest BCUT2D eigenvalue weighted by Crippen LogP contribution is 2.30. The second kappa shape index (κ2) is 7.11. The van der Waals surface area contributed by atoms with Crippen molar-refractivity contribution >= 4 is 5.82 Å². The molecule has 4 rings (SSSR count). The largest absolute Gasteiger partial charge is 0.506 e. The summed E-state index contributed by atoms with van der Waals surface area (Å²) in [5.41, 5.74) is 2.66. The van der Waals surface area contributed by atoms with Crippen LogP contribution >= 0.6 is 0 Å². The molecule has 0 spiro atoms. The standard InChI is InChI=1S/C19H22N6O/c1-2-13-4-3-7-25(12-13)18-6-5-16(23-24-18)19-17(26)8-14(9-20-19)15-10-21-22-11-15/h5-6,8-11,13,26H,2-4,7,12H2,1H3,(H,21,22)/t13-/m1/s1. The summed E-state index contributed by atoms with van der Waals surface area (Å²) >= 11 is 0. The third-order valence-electron chi connectivity index (χ3n) is 5.01. The Morgan fingerprint density at radius 1 is 1.23 bits per heavy atom. The van der Waals surface area contributed by atoms with Gasteiger partial charge in [0, 0.05) is 36.6 Å². The zero-order chi connectivity index (χ0) is 17.9. The Morgan fingerprint density at radius 2 is 2.15 bits per heavy atom. The van der Waals surface area contributed by atoms with E-state index < -0.39 is 0 Å². The van der Waals surface area contributed by atoms with Crippen LogP contribution in [0.25, 0.3) is 22.5 Å². The smallest absolute Gasteiger partial charge is 0.151 e. The predicted molar refractivity (Wildman–Crippen MR) is 99.7 cm³/mol. The van der Waals surface area contributed by atoms with Crippen LogP contribution < -0.4 is 4.90 Å². The van der Waals surface area contributed by atoms with Crippen LogP contribution in [0.5, 0.6) is 5.75 Å². The van der Waals surface area contributed by atoms with E-state index >= 15 is 0 Å². The minimum Gasteiger partial charge on any atom is -0.506 e. The minimum atomic E-state index is 0.0785. The molecule has 0 aromatic carbocycles. The van der Waals surface area contributed by atoms with Crippen LogP contribution in [-0.2, 0) is 0 Å². The number of pyridine rings is 1. The van der Waals surface area contributed by atoms with Crippen LogP contribution in [0.15, 0.2) is 36.8 Å². The Balaban J connectivity index is 1.55. The van der Waals surface area contributed by atoms with Gasteiger partial charge in [0.25, 0.3) is 0 Å². The zero-order valence-electron chi connectivity index (χ0n) is 14.8. The van der Waals surface area contributed by atoms with E-state index in [-0.39, 0.29) is 5.75 Å². The van der Waals surface area contributed by atoms with Gasteiger partial charge in [-0.2, -0.15) is 5.10 Å². The first-order valence-corrected chi connectivity index (χ1v) is 9.02. The van der Waals surface area contributed by atoms with E-state index in [1.807, 2.05) is 12.1 Å². The van der Waals surface area contributed by atoms with E-state index in [1.54, 1.807) is 24.7 Å². The van der Waals surface area contributed by atoms with Crippen molar-refractivity contribution in [1.82, 2.24) is 25.4 Å². The number of nitrogens with zero attached hydrogens (tertiary/aromatic N) is 5. The molecule has 0 aliphatic carbocycles. The number of hydrogen-bond acceptors (Lipinski definition) is 6. The SMILES string of the molecule is CC[C@@H]1CCCN(c2ccc(-c3ncc(-c4cn[nH]c4)cc3O)nn2)C1. The lowest BCUT2D eigenvalue weighted by Gasteiger charge is -2.32. The first kappa shape index (κ1) is 16.5. The van der Waals surface area contributed by atoms with E-state index in [2.05, 4.69) is 37.2 Å². The van der Waals surface area contributed by atoms with Gasteiger partial charge in [-0.1, -0.05) is 13.3 Å². The highest BCUT2D eigenvalue weighted by atomic mass is 16.3. The summed E-state index contributed by atoms with van der Waals surface area (Å²) in [5, 5.41) is 25.7. The number of piperidine rings is 1. The molecule has 1 aliphatic heterocycles. The van der Waals surface area contributed by atoms with Crippen molar-refractivity contribution in [2.75, 3.05) is 18.0 Å². The lowest BCUT2D eigenvalue weighted by Crippen LogP contribution is -2.35. The molecular formula is C19H22N6O. The third-order valence-corrected chi connectivity index (χ3v) is 5.01. The fraction of sp³-hybridized carbons (Fsp3) is 0.368. The van der Waals surface area contributed by atoms with Gasteiger partial charge in [-0.15, -0.1) is 10.2 Å². The molecule has 7 nitrogen and oxygen atoms in total. The first-order chi connectivity index (χ1) is 12.7. The molecule has 0 amide bonds. The maximum Gasteiger partial charge on any atom is 0.151 e. The zero-order valence-corrected chi connectivity index (χ0v) is 14.8. The molecule has 4 heterocycles. The summed E-state index contributed by atoms with van der Waals surface area (Å²) in [6.07, 6.45) is 8.83. The number of rotatable bonds is 4. The molecule has 0 bridgehead atoms. The number of nitrogens with one attached hydrogen (secondary N) is 1. The van der Waals surface area contributed by atoms with Gasteiger partial charge in [0.15, 0.2) is 5.82 Å². The second-order valence-electron chi connectivity index (χ2n) is 6.72. The number of aromatic nitrogens is 5. The number of aromatic hydroxyl groups is 1. The Labute approximate surface area is 152 Å². The molecule has 7 heteroatoms. The van der Waals surface area contributed by atoms with Crippen molar-refractivity contribution in [2.45, 2.75) is 26.2 Å². The maximum absolute atomic E-state index is 10.4. The summed E-state index contributed by atoms with van der Waals surface area (Å²) in [6, 6.07) is 5.50. The van der Waals surface area contributed by atoms with Crippen LogP contribution in [0, 0.1) is 5.92 Å². The average Bonchev–Trinajstić information content (AvgIpc) is 3.23. The molecular weight excluding hydrogens is 328 g/mol. The molecule has 1 atom stereocenters. The molecule has 0 radical (unpaired) electrons. The van der Waals surface area contributed by atoms with Crippen LogP contribution in [0.4, 0.5) is 5.82 Å². The van der Waals surface area contributed by atoms with Crippen molar-refractivity contribution in [3.05, 3.63) is 36.8 Å². The minimum absolute atomic E-state index is 0.0785. The maximum atomic E-state index is 10.4. The van der Waals surface area contributed by atoms with Gasteiger partial charge in [0.1, 0.15) is 17.1 Å². The Hall–Kier alpha value is -2.96. The predicted octanol–water partition coefficient (Wildman–Crippen LogP) is 3.26. The van der Waals surface area contributed by atoms with Crippen LogP contribution in [0.1, 0.15) is 26.2 Å². The van der Waals surface area contributed by atoms with Crippen LogP contribution in [0.2, 0.25) is 0 Å². The quantitative estimate of drug-likeness (QED) is 0.750. The molecule has 1 aliphatic rings. The van der Waals surface area contributed by atoms with E-state index in [4.69, 9.17) is 0 Å². The summed E-state index contributed by atoms with van der Waals surface area (Å²) in [4.78, 5) is 6.66. The van der Waals surface area contributed by atoms with Crippen molar-refractivity contribution in [3.63, 3.8) is 0 Å². The summed E-state index contributed by atoms with van der Waals surface area (Å²) in [5.74, 6) is 1.70. The van der Waals surface area contributed by atoms with E-state index in [9.17, 15) is 5.11 Å².